The van der Waals surface area contributed by atoms with Gasteiger partial charge in [-0.2, -0.15) is 0 Å². The monoisotopic (exact) mass is 252 g/mol. The lowest BCUT2D eigenvalue weighted by Gasteiger charge is -2.21. The first-order chi connectivity index (χ1) is 8.59. The van der Waals surface area contributed by atoms with Crippen LogP contribution < -0.4 is 0 Å². The predicted octanol–water partition coefficient (Wildman–Crippen LogP) is 4.63. The molecule has 1 saturated heterocycles. The molecule has 2 heteroatoms. The Balaban J connectivity index is 2.47. The Morgan fingerprint density at radius 1 is 1.00 bits per heavy atom. The molecule has 104 valence electrons. The maximum Gasteiger partial charge on any atom is 0.306 e. The van der Waals surface area contributed by atoms with Crippen LogP contribution in [0.3, 0.4) is 0 Å². The lowest BCUT2D eigenvalue weighted by atomic mass is 9.94. The van der Waals surface area contributed by atoms with E-state index in [9.17, 15) is 4.79 Å². The average Bonchev–Trinajstić information content (AvgIpc) is 2.31. The van der Waals surface area contributed by atoms with Gasteiger partial charge in [-0.25, -0.2) is 0 Å². The van der Waals surface area contributed by atoms with Crippen LogP contribution >= 0.6 is 0 Å². The highest BCUT2D eigenvalue weighted by Crippen LogP contribution is 2.22. The van der Waals surface area contributed by atoms with Crippen LogP contribution in [0.2, 0.25) is 0 Å². The van der Waals surface area contributed by atoms with Gasteiger partial charge in [-0.3, -0.25) is 4.79 Å². The Morgan fingerprint density at radius 3 is 2.22 bits per heavy atom. The van der Waals surface area contributed by atoms with Gasteiger partial charge in [-0.15, -0.1) is 0 Å². The van der Waals surface area contributed by atoms with Gasteiger partial charge in [-0.1, -0.05) is 44.8 Å². The Morgan fingerprint density at radius 2 is 1.56 bits per heavy atom. The topological polar surface area (TPSA) is 26.3 Å². The number of carbonyl (C=O) groups excluding carboxylic acids is 1. The number of allylic oxidation sites excluding steroid dienone is 1. The second-order valence-corrected chi connectivity index (χ2v) is 5.75. The molecule has 2 nitrogen and oxygen atoms in total. The van der Waals surface area contributed by atoms with Crippen molar-refractivity contribution in [2.45, 2.75) is 77.7 Å². The molecule has 1 aliphatic heterocycles. The molecule has 1 rings (SSSR count). The molecule has 1 fully saturated rings. The summed E-state index contributed by atoms with van der Waals surface area (Å²) in [4.78, 5) is 11.6. The lowest BCUT2D eigenvalue weighted by Crippen LogP contribution is -2.22. The third-order valence-corrected chi connectivity index (χ3v) is 3.89. The van der Waals surface area contributed by atoms with Crippen molar-refractivity contribution in [2.24, 2.45) is 5.92 Å². The van der Waals surface area contributed by atoms with Crippen molar-refractivity contribution in [1.29, 1.82) is 0 Å². The fourth-order valence-electron chi connectivity index (χ4n) is 2.46. The maximum absolute atomic E-state index is 11.6. The zero-order valence-corrected chi connectivity index (χ0v) is 12.0. The number of hydrogen-bond donors (Lipinski definition) is 0. The minimum atomic E-state index is -0.0305. The Kier molecular flexibility index (Phi) is 7.07. The molecule has 0 aliphatic carbocycles. The summed E-state index contributed by atoms with van der Waals surface area (Å²) in [6.45, 7) is 8.30. The van der Waals surface area contributed by atoms with E-state index in [2.05, 4.69) is 13.5 Å². The van der Waals surface area contributed by atoms with Gasteiger partial charge in [0.15, 0.2) is 0 Å². The molecule has 0 amide bonds. The lowest BCUT2D eigenvalue weighted by molar-refractivity contribution is -0.150. The molecule has 1 heterocycles. The van der Waals surface area contributed by atoms with Gasteiger partial charge in [0.25, 0.3) is 0 Å². The molecule has 18 heavy (non-hydrogen) atoms. The molecule has 0 aromatic rings. The van der Waals surface area contributed by atoms with Crippen LogP contribution in [0.4, 0.5) is 0 Å². The van der Waals surface area contributed by atoms with E-state index < -0.39 is 0 Å². The number of cyclic esters (lactones) is 1. The first kappa shape index (κ1) is 15.3. The highest BCUT2D eigenvalue weighted by molar-refractivity contribution is 5.69. The molecule has 0 N–H and O–H groups in total. The fourth-order valence-corrected chi connectivity index (χ4v) is 2.46. The smallest absolute Gasteiger partial charge is 0.306 e. The van der Waals surface area contributed by atoms with Crippen LogP contribution in [0.5, 0.6) is 0 Å². The van der Waals surface area contributed by atoms with E-state index in [0.29, 0.717) is 12.3 Å². The molecule has 0 spiro atoms. The summed E-state index contributed by atoms with van der Waals surface area (Å²) in [5.74, 6) is 0.349. The molecule has 0 bridgehead atoms. The average molecular weight is 252 g/mol. The van der Waals surface area contributed by atoms with Crippen molar-refractivity contribution >= 4 is 5.97 Å². The summed E-state index contributed by atoms with van der Waals surface area (Å²) >= 11 is 0. The quantitative estimate of drug-likeness (QED) is 0.464. The van der Waals surface area contributed by atoms with Gasteiger partial charge in [0.1, 0.15) is 6.10 Å². The van der Waals surface area contributed by atoms with Crippen LogP contribution in [0.15, 0.2) is 12.2 Å². The van der Waals surface area contributed by atoms with Gasteiger partial charge >= 0.3 is 5.97 Å². The molecule has 1 aliphatic rings. The minimum Gasteiger partial charge on any atom is -0.462 e. The number of carbonyl (C=O) groups is 1. The molecule has 0 radical (unpaired) electrons. The van der Waals surface area contributed by atoms with E-state index in [0.717, 1.165) is 25.7 Å². The van der Waals surface area contributed by atoms with Crippen molar-refractivity contribution in [3.05, 3.63) is 12.2 Å². The van der Waals surface area contributed by atoms with Gasteiger partial charge < -0.3 is 4.74 Å². The first-order valence-corrected chi connectivity index (χ1v) is 7.45. The largest absolute Gasteiger partial charge is 0.462 e. The molecular weight excluding hydrogens is 224 g/mol. The SMILES string of the molecule is C=C1CCCCCCCCC(=O)O[C@@H](C)[C@H](C)C1. The number of hydrogen-bond acceptors (Lipinski definition) is 2. The van der Waals surface area contributed by atoms with Gasteiger partial charge in [0.2, 0.25) is 0 Å². The van der Waals surface area contributed by atoms with Gasteiger partial charge in [0.05, 0.1) is 0 Å². The Bertz CT molecular complexity index is 242. The van der Waals surface area contributed by atoms with Crippen LogP contribution in [0, 0.1) is 5.92 Å². The molecule has 2 atom stereocenters. The minimum absolute atomic E-state index is 0.0113. The summed E-state index contributed by atoms with van der Waals surface area (Å²) in [5.41, 5.74) is 1.31. The van der Waals surface area contributed by atoms with E-state index in [-0.39, 0.29) is 12.1 Å². The third-order valence-electron chi connectivity index (χ3n) is 3.89. The summed E-state index contributed by atoms with van der Waals surface area (Å²) < 4.78 is 5.48. The zero-order valence-electron chi connectivity index (χ0n) is 12.0. The van der Waals surface area contributed by atoms with E-state index >= 15 is 0 Å². The van der Waals surface area contributed by atoms with Crippen molar-refractivity contribution in [3.63, 3.8) is 0 Å². The molecule has 0 aromatic heterocycles. The first-order valence-electron chi connectivity index (χ1n) is 7.45. The normalized spacial score (nSPS) is 29.4. The van der Waals surface area contributed by atoms with Crippen molar-refractivity contribution in [2.75, 3.05) is 0 Å². The second kappa shape index (κ2) is 8.34. The molecular formula is C16H28O2. The van der Waals surface area contributed by atoms with E-state index in [4.69, 9.17) is 4.74 Å². The van der Waals surface area contributed by atoms with Gasteiger partial charge in [0, 0.05) is 6.42 Å². The van der Waals surface area contributed by atoms with Crippen LogP contribution in [0.1, 0.15) is 71.6 Å². The molecule has 0 unspecified atom stereocenters. The van der Waals surface area contributed by atoms with E-state index in [1.54, 1.807) is 0 Å². The van der Waals surface area contributed by atoms with Crippen molar-refractivity contribution in [1.82, 2.24) is 0 Å². The van der Waals surface area contributed by atoms with Crippen LogP contribution in [-0.2, 0) is 9.53 Å². The summed E-state index contributed by atoms with van der Waals surface area (Å²) in [6, 6.07) is 0. The number of esters is 1. The standard InChI is InChI=1S/C16H28O2/c1-13-10-8-6-4-5-7-9-11-16(17)18-15(3)14(2)12-13/h14-15H,1,4-12H2,2-3H3/t14-,15+/m1/s1. The third kappa shape index (κ3) is 6.23. The van der Waals surface area contributed by atoms with Gasteiger partial charge in [-0.05, 0) is 38.5 Å². The fraction of sp³-hybridized carbons (Fsp3) is 0.812. The molecule has 0 aromatic carbocycles. The number of ether oxygens (including phenoxy) is 1. The number of rotatable bonds is 0. The van der Waals surface area contributed by atoms with Crippen molar-refractivity contribution in [3.8, 4) is 0 Å². The van der Waals surface area contributed by atoms with E-state index in [1.807, 2.05) is 6.92 Å². The molecule has 0 saturated carbocycles. The van der Waals surface area contributed by atoms with E-state index in [1.165, 1.54) is 31.3 Å². The predicted molar refractivity (Wildman–Crippen MR) is 75.4 cm³/mol. The van der Waals surface area contributed by atoms with Crippen molar-refractivity contribution < 1.29 is 9.53 Å². The Hall–Kier alpha value is -0.790. The summed E-state index contributed by atoms with van der Waals surface area (Å²) in [7, 11) is 0. The van der Waals surface area contributed by atoms with Crippen LogP contribution in [0.25, 0.3) is 0 Å². The summed E-state index contributed by atoms with van der Waals surface area (Å²) in [6.07, 6.45) is 9.93. The maximum atomic E-state index is 11.6. The van der Waals surface area contributed by atoms with Crippen LogP contribution in [-0.4, -0.2) is 12.1 Å². The zero-order chi connectivity index (χ0) is 13.4. The Labute approximate surface area is 112 Å². The highest BCUT2D eigenvalue weighted by atomic mass is 16.5. The highest BCUT2D eigenvalue weighted by Gasteiger charge is 2.17. The second-order valence-electron chi connectivity index (χ2n) is 5.75. The summed E-state index contributed by atoms with van der Waals surface area (Å²) in [5, 5.41) is 0.